The fraction of sp³-hybridized carbons (Fsp3) is 0.333. The van der Waals surface area contributed by atoms with Gasteiger partial charge in [0, 0.05) is 31.2 Å². The van der Waals surface area contributed by atoms with Gasteiger partial charge >= 0.3 is 0 Å². The molecule has 2 N–H and O–H groups in total. The van der Waals surface area contributed by atoms with E-state index in [2.05, 4.69) is 29.3 Å². The molecule has 1 atom stereocenters. The Bertz CT molecular complexity index is 1040. The molecule has 1 aliphatic rings. The lowest BCUT2D eigenvalue weighted by Gasteiger charge is -2.32. The van der Waals surface area contributed by atoms with E-state index in [-0.39, 0.29) is 29.3 Å². The van der Waals surface area contributed by atoms with Crippen LogP contribution in [-0.4, -0.2) is 50.2 Å². The van der Waals surface area contributed by atoms with Crippen LogP contribution in [0.4, 0.5) is 0 Å². The molecule has 7 nitrogen and oxygen atoms in total. The second-order valence-electron chi connectivity index (χ2n) is 7.78. The average Bonchev–Trinajstić information content (AvgIpc) is 2.82. The molecule has 0 aliphatic carbocycles. The second kappa shape index (κ2) is 11.1. The molecule has 1 saturated heterocycles. The summed E-state index contributed by atoms with van der Waals surface area (Å²) in [5.41, 5.74) is 1.64. The zero-order valence-corrected chi connectivity index (χ0v) is 18.8. The Morgan fingerprint density at radius 1 is 1.09 bits per heavy atom. The van der Waals surface area contributed by atoms with Crippen molar-refractivity contribution in [3.05, 3.63) is 78.4 Å². The first-order chi connectivity index (χ1) is 15.4. The van der Waals surface area contributed by atoms with E-state index in [1.165, 1.54) is 40.2 Å². The third-order valence-corrected chi connectivity index (χ3v) is 7.32. The first-order valence-corrected chi connectivity index (χ1v) is 12.2. The molecule has 170 valence electrons. The number of carbonyl (C=O) groups is 2. The predicted octanol–water partition coefficient (Wildman–Crippen LogP) is 2.50. The monoisotopic (exact) mass is 455 g/mol. The van der Waals surface area contributed by atoms with Crippen LogP contribution in [0.2, 0.25) is 0 Å². The number of rotatable bonds is 9. The maximum Gasteiger partial charge on any atom is 0.251 e. The van der Waals surface area contributed by atoms with Gasteiger partial charge in [-0.05, 0) is 61.6 Å². The molecule has 32 heavy (non-hydrogen) atoms. The van der Waals surface area contributed by atoms with Crippen molar-refractivity contribution in [1.82, 2.24) is 14.9 Å². The molecule has 0 bridgehead atoms. The highest BCUT2D eigenvalue weighted by molar-refractivity contribution is 7.89. The normalized spacial score (nSPS) is 16.8. The molecule has 3 rings (SSSR count). The molecule has 0 radical (unpaired) electrons. The summed E-state index contributed by atoms with van der Waals surface area (Å²) < 4.78 is 27.4. The summed E-state index contributed by atoms with van der Waals surface area (Å²) in [7, 11) is -3.71. The maximum absolute atomic E-state index is 13.0. The van der Waals surface area contributed by atoms with E-state index in [9.17, 15) is 18.0 Å². The summed E-state index contributed by atoms with van der Waals surface area (Å²) in [5, 5.41) is 5.64. The van der Waals surface area contributed by atoms with E-state index in [4.69, 9.17) is 0 Å². The zero-order valence-electron chi connectivity index (χ0n) is 18.0. The highest BCUT2D eigenvalue weighted by Crippen LogP contribution is 2.21. The zero-order chi connectivity index (χ0) is 23.0. The van der Waals surface area contributed by atoms with Gasteiger partial charge in [0.25, 0.3) is 5.91 Å². The van der Waals surface area contributed by atoms with Crippen LogP contribution in [0.5, 0.6) is 0 Å². The minimum Gasteiger partial charge on any atom is -0.352 e. The Kier molecular flexibility index (Phi) is 8.19. The van der Waals surface area contributed by atoms with Gasteiger partial charge in [-0.15, -0.1) is 0 Å². The van der Waals surface area contributed by atoms with Crippen molar-refractivity contribution in [2.75, 3.05) is 19.6 Å². The molecule has 0 unspecified atom stereocenters. The molecular weight excluding hydrogens is 426 g/mol. The van der Waals surface area contributed by atoms with Gasteiger partial charge in [-0.3, -0.25) is 9.59 Å². The minimum atomic E-state index is -3.71. The van der Waals surface area contributed by atoms with Crippen LogP contribution in [0.1, 0.15) is 35.2 Å². The molecule has 8 heteroatoms. The Balaban J connectivity index is 1.54. The van der Waals surface area contributed by atoms with E-state index in [1.54, 1.807) is 0 Å². The lowest BCUT2D eigenvalue weighted by Crippen LogP contribution is -2.49. The summed E-state index contributed by atoms with van der Waals surface area (Å²) in [6.45, 7) is 4.57. The van der Waals surface area contributed by atoms with E-state index in [1.807, 2.05) is 18.2 Å². The predicted molar refractivity (Wildman–Crippen MR) is 124 cm³/mol. The van der Waals surface area contributed by atoms with Gasteiger partial charge in [-0.2, -0.15) is 4.31 Å². The lowest BCUT2D eigenvalue weighted by molar-refractivity contribution is -0.117. The quantitative estimate of drug-likeness (QED) is 0.449. The molecule has 1 fully saturated rings. The Morgan fingerprint density at radius 2 is 1.81 bits per heavy atom. The molecule has 0 spiro atoms. The van der Waals surface area contributed by atoms with Gasteiger partial charge in [0.2, 0.25) is 15.9 Å². The number of sulfonamides is 1. The summed E-state index contributed by atoms with van der Waals surface area (Å²) in [4.78, 5) is 24.0. The molecule has 2 aromatic rings. The first kappa shape index (κ1) is 23.7. The molecule has 1 aliphatic heterocycles. The lowest BCUT2D eigenvalue weighted by atomic mass is 10.1. The average molecular weight is 456 g/mol. The fourth-order valence-corrected chi connectivity index (χ4v) is 5.23. The Labute approximate surface area is 189 Å². The van der Waals surface area contributed by atoms with Crippen LogP contribution in [0.15, 0.2) is 72.1 Å². The molecule has 1 heterocycles. The van der Waals surface area contributed by atoms with Crippen molar-refractivity contribution < 1.29 is 18.0 Å². The first-order valence-electron chi connectivity index (χ1n) is 10.8. The topological polar surface area (TPSA) is 95.6 Å². The van der Waals surface area contributed by atoms with Crippen molar-refractivity contribution in [3.8, 4) is 0 Å². The smallest absolute Gasteiger partial charge is 0.251 e. The van der Waals surface area contributed by atoms with Crippen LogP contribution in [0.25, 0.3) is 0 Å². The number of hydrogen-bond acceptors (Lipinski definition) is 4. The largest absolute Gasteiger partial charge is 0.352 e. The van der Waals surface area contributed by atoms with Crippen molar-refractivity contribution in [3.63, 3.8) is 0 Å². The van der Waals surface area contributed by atoms with Gasteiger partial charge in [-0.1, -0.05) is 36.9 Å². The maximum atomic E-state index is 13.0. The number of carbonyl (C=O) groups excluding carboxylic acids is 2. The standard InChI is InChI=1S/C24H29N3O4S/c1-2-23(28)26-21-11-7-17-27(18-21)32(30,31)22-14-12-20(13-15-22)24(29)25-16-6-10-19-8-4-3-5-9-19/h2-5,8-9,12-15,21H,1,6-7,10-11,16-18H2,(H,25,29)(H,26,28)/t21-/m0/s1. The van der Waals surface area contributed by atoms with Crippen LogP contribution in [0.3, 0.4) is 0 Å². The van der Waals surface area contributed by atoms with Crippen LogP contribution in [-0.2, 0) is 21.2 Å². The summed E-state index contributed by atoms with van der Waals surface area (Å²) in [6, 6.07) is 15.8. The van der Waals surface area contributed by atoms with Gasteiger partial charge in [0.05, 0.1) is 4.90 Å². The van der Waals surface area contributed by atoms with Gasteiger partial charge in [0.1, 0.15) is 0 Å². The fourth-order valence-electron chi connectivity index (χ4n) is 3.71. The van der Waals surface area contributed by atoms with Crippen molar-refractivity contribution in [1.29, 1.82) is 0 Å². The van der Waals surface area contributed by atoms with Gasteiger partial charge in [-0.25, -0.2) is 8.42 Å². The number of hydrogen-bond donors (Lipinski definition) is 2. The number of piperidine rings is 1. The van der Waals surface area contributed by atoms with E-state index in [0.29, 0.717) is 25.1 Å². The van der Waals surface area contributed by atoms with E-state index < -0.39 is 10.0 Å². The molecule has 2 amide bonds. The number of nitrogens with one attached hydrogen (secondary N) is 2. The Hall–Kier alpha value is -2.97. The van der Waals surface area contributed by atoms with Crippen LogP contribution >= 0.6 is 0 Å². The summed E-state index contributed by atoms with van der Waals surface area (Å²) >= 11 is 0. The number of aryl methyl sites for hydroxylation is 1. The van der Waals surface area contributed by atoms with Crippen LogP contribution < -0.4 is 10.6 Å². The molecule has 0 aromatic heterocycles. The SMILES string of the molecule is C=CC(=O)N[C@H]1CCCN(S(=O)(=O)c2ccc(C(=O)NCCCc3ccccc3)cc2)C1. The van der Waals surface area contributed by atoms with Crippen molar-refractivity contribution in [2.24, 2.45) is 0 Å². The third-order valence-electron chi connectivity index (χ3n) is 5.44. The van der Waals surface area contributed by atoms with E-state index in [0.717, 1.165) is 19.3 Å². The van der Waals surface area contributed by atoms with Gasteiger partial charge < -0.3 is 10.6 Å². The Morgan fingerprint density at radius 3 is 2.50 bits per heavy atom. The second-order valence-corrected chi connectivity index (χ2v) is 9.72. The molecule has 0 saturated carbocycles. The number of amides is 2. The van der Waals surface area contributed by atoms with Crippen molar-refractivity contribution >= 4 is 21.8 Å². The molecular formula is C24H29N3O4S. The van der Waals surface area contributed by atoms with Gasteiger partial charge in [0.15, 0.2) is 0 Å². The number of nitrogens with zero attached hydrogens (tertiary/aromatic N) is 1. The summed E-state index contributed by atoms with van der Waals surface area (Å²) in [6.07, 6.45) is 4.25. The van der Waals surface area contributed by atoms with Crippen molar-refractivity contribution in [2.45, 2.75) is 36.6 Å². The highest BCUT2D eigenvalue weighted by Gasteiger charge is 2.30. The van der Waals surface area contributed by atoms with Crippen LogP contribution in [0, 0.1) is 0 Å². The summed E-state index contributed by atoms with van der Waals surface area (Å²) in [5.74, 6) is -0.541. The van der Waals surface area contributed by atoms with E-state index >= 15 is 0 Å². The minimum absolute atomic E-state index is 0.133. The molecule has 2 aromatic carbocycles. The third kappa shape index (κ3) is 6.27. The number of benzene rings is 2. The highest BCUT2D eigenvalue weighted by atomic mass is 32.2.